The predicted octanol–water partition coefficient (Wildman–Crippen LogP) is 0.707. The third-order valence-electron chi connectivity index (χ3n) is 2.79. The molecule has 1 fully saturated rings. The fourth-order valence-corrected chi connectivity index (χ4v) is 1.70. The molecule has 3 nitrogen and oxygen atoms in total. The summed E-state index contributed by atoms with van der Waals surface area (Å²) in [5.41, 5.74) is 0.0997. The van der Waals surface area contributed by atoms with Gasteiger partial charge in [0.15, 0.2) is 0 Å². The van der Waals surface area contributed by atoms with Gasteiger partial charge in [-0.15, -0.1) is 0 Å². The van der Waals surface area contributed by atoms with Gasteiger partial charge in [0.25, 0.3) is 0 Å². The second-order valence-electron chi connectivity index (χ2n) is 4.12. The highest BCUT2D eigenvalue weighted by atomic mass is 16.5. The Balaban J connectivity index is 2.38. The van der Waals surface area contributed by atoms with Crippen LogP contribution in [-0.2, 0) is 4.74 Å². The lowest BCUT2D eigenvalue weighted by Crippen LogP contribution is -2.50. The molecule has 0 aromatic carbocycles. The Bertz CT molecular complexity index is 142. The van der Waals surface area contributed by atoms with Gasteiger partial charge in [-0.3, -0.25) is 0 Å². The van der Waals surface area contributed by atoms with E-state index in [4.69, 9.17) is 4.74 Å². The lowest BCUT2D eigenvalue weighted by Gasteiger charge is -2.37. The highest BCUT2D eigenvalue weighted by Gasteiger charge is 2.30. The van der Waals surface area contributed by atoms with Gasteiger partial charge in [0.05, 0.1) is 12.2 Å². The quantitative estimate of drug-likeness (QED) is 0.699. The summed E-state index contributed by atoms with van der Waals surface area (Å²) in [4.78, 5) is 2.22. The lowest BCUT2D eigenvalue weighted by molar-refractivity contribution is -0.0760. The van der Waals surface area contributed by atoms with Gasteiger partial charge in [-0.25, -0.2) is 0 Å². The number of hydrogen-bond donors (Lipinski definition) is 1. The maximum absolute atomic E-state index is 5.88. The van der Waals surface area contributed by atoms with Gasteiger partial charge in [0.2, 0.25) is 0 Å². The maximum Gasteiger partial charge on any atom is 0.0816 e. The van der Waals surface area contributed by atoms with Crippen molar-refractivity contribution in [2.24, 2.45) is 0 Å². The molecule has 13 heavy (non-hydrogen) atoms. The van der Waals surface area contributed by atoms with Crippen molar-refractivity contribution in [3.8, 4) is 0 Å². The number of ether oxygens (including phenoxy) is 1. The van der Waals surface area contributed by atoms with Crippen LogP contribution >= 0.6 is 0 Å². The minimum absolute atomic E-state index is 0.0997. The van der Waals surface area contributed by atoms with Crippen molar-refractivity contribution in [1.82, 2.24) is 10.2 Å². The van der Waals surface area contributed by atoms with Gasteiger partial charge in [0.1, 0.15) is 0 Å². The van der Waals surface area contributed by atoms with Crippen LogP contribution in [0.15, 0.2) is 0 Å². The van der Waals surface area contributed by atoms with Crippen molar-refractivity contribution in [1.29, 1.82) is 0 Å². The third-order valence-corrected chi connectivity index (χ3v) is 2.79. The number of rotatable bonds is 4. The molecule has 0 bridgehead atoms. The van der Waals surface area contributed by atoms with E-state index in [0.29, 0.717) is 0 Å². The Morgan fingerprint density at radius 1 is 1.46 bits per heavy atom. The van der Waals surface area contributed by atoms with Crippen LogP contribution < -0.4 is 5.32 Å². The summed E-state index contributed by atoms with van der Waals surface area (Å²) < 4.78 is 5.88. The summed E-state index contributed by atoms with van der Waals surface area (Å²) in [6.07, 6.45) is 2.23. The van der Waals surface area contributed by atoms with Crippen molar-refractivity contribution in [2.75, 3.05) is 40.3 Å². The molecular weight excluding hydrogens is 164 g/mol. The SMILES string of the molecule is CCC1(CCN(C)C)CNCCO1. The minimum atomic E-state index is 0.0997. The van der Waals surface area contributed by atoms with E-state index in [2.05, 4.69) is 31.2 Å². The van der Waals surface area contributed by atoms with E-state index >= 15 is 0 Å². The molecule has 1 unspecified atom stereocenters. The van der Waals surface area contributed by atoms with Crippen LogP contribution in [-0.4, -0.2) is 50.8 Å². The van der Waals surface area contributed by atoms with Gasteiger partial charge in [0, 0.05) is 19.6 Å². The molecule has 1 atom stereocenters. The highest BCUT2D eigenvalue weighted by molar-refractivity contribution is 4.85. The molecule has 0 aromatic heterocycles. The zero-order valence-corrected chi connectivity index (χ0v) is 9.10. The van der Waals surface area contributed by atoms with Crippen molar-refractivity contribution in [3.05, 3.63) is 0 Å². The Morgan fingerprint density at radius 2 is 2.23 bits per heavy atom. The Hall–Kier alpha value is -0.120. The standard InChI is InChI=1S/C10H22N2O/c1-4-10(5-7-12(2)3)9-11-6-8-13-10/h11H,4-9H2,1-3H3. The van der Waals surface area contributed by atoms with Crippen molar-refractivity contribution >= 4 is 0 Å². The van der Waals surface area contributed by atoms with E-state index in [1.807, 2.05) is 0 Å². The molecule has 1 heterocycles. The molecule has 0 saturated carbocycles. The largest absolute Gasteiger partial charge is 0.372 e. The second kappa shape index (κ2) is 4.94. The summed E-state index contributed by atoms with van der Waals surface area (Å²) in [5.74, 6) is 0. The first-order valence-corrected chi connectivity index (χ1v) is 5.18. The fraction of sp³-hybridized carbons (Fsp3) is 1.00. The van der Waals surface area contributed by atoms with Crippen LogP contribution in [0.25, 0.3) is 0 Å². The summed E-state index contributed by atoms with van der Waals surface area (Å²) >= 11 is 0. The number of nitrogens with one attached hydrogen (secondary N) is 1. The maximum atomic E-state index is 5.88. The summed E-state index contributed by atoms with van der Waals surface area (Å²) in [5, 5.41) is 3.41. The number of hydrogen-bond acceptors (Lipinski definition) is 3. The molecule has 78 valence electrons. The first-order valence-electron chi connectivity index (χ1n) is 5.18. The van der Waals surface area contributed by atoms with Gasteiger partial charge in [-0.1, -0.05) is 6.92 Å². The van der Waals surface area contributed by atoms with Gasteiger partial charge >= 0.3 is 0 Å². The smallest absolute Gasteiger partial charge is 0.0816 e. The van der Waals surface area contributed by atoms with Crippen LogP contribution in [0.5, 0.6) is 0 Å². The van der Waals surface area contributed by atoms with Crippen LogP contribution in [0, 0.1) is 0 Å². The topological polar surface area (TPSA) is 24.5 Å². The Morgan fingerprint density at radius 3 is 2.69 bits per heavy atom. The molecule has 1 aliphatic heterocycles. The molecule has 0 aromatic rings. The lowest BCUT2D eigenvalue weighted by atomic mass is 9.94. The van der Waals surface area contributed by atoms with Gasteiger partial charge < -0.3 is 15.0 Å². The minimum Gasteiger partial charge on any atom is -0.372 e. The van der Waals surface area contributed by atoms with Crippen LogP contribution in [0.1, 0.15) is 19.8 Å². The van der Waals surface area contributed by atoms with E-state index in [-0.39, 0.29) is 5.60 Å². The van der Waals surface area contributed by atoms with Crippen LogP contribution in [0.2, 0.25) is 0 Å². The second-order valence-corrected chi connectivity index (χ2v) is 4.12. The molecule has 1 N–H and O–H groups in total. The van der Waals surface area contributed by atoms with Crippen LogP contribution in [0.3, 0.4) is 0 Å². The monoisotopic (exact) mass is 186 g/mol. The average molecular weight is 186 g/mol. The first kappa shape index (κ1) is 11.0. The van der Waals surface area contributed by atoms with Gasteiger partial charge in [-0.05, 0) is 26.9 Å². The molecular formula is C10H22N2O. The van der Waals surface area contributed by atoms with Crippen molar-refractivity contribution in [2.45, 2.75) is 25.4 Å². The first-order chi connectivity index (χ1) is 6.18. The predicted molar refractivity (Wildman–Crippen MR) is 55.0 cm³/mol. The molecule has 1 saturated heterocycles. The van der Waals surface area contributed by atoms with E-state index in [9.17, 15) is 0 Å². The van der Waals surface area contributed by atoms with Gasteiger partial charge in [-0.2, -0.15) is 0 Å². The van der Waals surface area contributed by atoms with E-state index in [0.717, 1.165) is 39.1 Å². The Kier molecular flexibility index (Phi) is 4.16. The van der Waals surface area contributed by atoms with E-state index < -0.39 is 0 Å². The Labute approximate surface area is 81.4 Å². The number of nitrogens with zero attached hydrogens (tertiary/aromatic N) is 1. The van der Waals surface area contributed by atoms with Crippen molar-refractivity contribution < 1.29 is 4.74 Å². The zero-order valence-electron chi connectivity index (χ0n) is 9.10. The van der Waals surface area contributed by atoms with Crippen molar-refractivity contribution in [3.63, 3.8) is 0 Å². The molecule has 1 aliphatic rings. The third kappa shape index (κ3) is 3.25. The molecule has 0 aliphatic carbocycles. The van der Waals surface area contributed by atoms with Crippen LogP contribution in [0.4, 0.5) is 0 Å². The summed E-state index contributed by atoms with van der Waals surface area (Å²) in [6, 6.07) is 0. The summed E-state index contributed by atoms with van der Waals surface area (Å²) in [6.45, 7) is 6.19. The average Bonchev–Trinajstić information content (AvgIpc) is 2.16. The normalized spacial score (nSPS) is 29.5. The highest BCUT2D eigenvalue weighted by Crippen LogP contribution is 2.21. The number of morpholine rings is 1. The summed E-state index contributed by atoms with van der Waals surface area (Å²) in [7, 11) is 4.22. The molecule has 0 radical (unpaired) electrons. The fourth-order valence-electron chi connectivity index (χ4n) is 1.70. The van der Waals surface area contributed by atoms with E-state index in [1.54, 1.807) is 0 Å². The van der Waals surface area contributed by atoms with E-state index in [1.165, 1.54) is 0 Å². The zero-order chi connectivity index (χ0) is 9.73. The molecule has 3 heteroatoms. The molecule has 0 amide bonds. The molecule has 0 spiro atoms. The molecule has 1 rings (SSSR count).